The van der Waals surface area contributed by atoms with Crippen LogP contribution in [0.2, 0.25) is 0 Å². The van der Waals surface area contributed by atoms with E-state index in [1.807, 2.05) is 11.8 Å². The number of likely N-dealkylation sites (tertiary alicyclic amines) is 1. The quantitative estimate of drug-likeness (QED) is 0.821. The minimum absolute atomic E-state index is 0.0346. The van der Waals surface area contributed by atoms with Crippen LogP contribution in [0.3, 0.4) is 0 Å². The summed E-state index contributed by atoms with van der Waals surface area (Å²) < 4.78 is 5.08. The third-order valence-corrected chi connectivity index (χ3v) is 5.61. The van der Waals surface area contributed by atoms with Crippen molar-refractivity contribution in [1.29, 1.82) is 0 Å². The molecule has 2 aromatic rings. The lowest BCUT2D eigenvalue weighted by Gasteiger charge is -2.50. The van der Waals surface area contributed by atoms with Crippen LogP contribution < -0.4 is 0 Å². The summed E-state index contributed by atoms with van der Waals surface area (Å²) in [4.78, 5) is 44.0. The summed E-state index contributed by atoms with van der Waals surface area (Å²) in [5.41, 5.74) is 2.38. The van der Waals surface area contributed by atoms with Gasteiger partial charge in [-0.3, -0.25) is 9.59 Å². The van der Waals surface area contributed by atoms with Gasteiger partial charge in [0.05, 0.1) is 17.6 Å². The Morgan fingerprint density at radius 2 is 2.04 bits per heavy atom. The Labute approximate surface area is 157 Å². The van der Waals surface area contributed by atoms with Crippen molar-refractivity contribution < 1.29 is 14.3 Å². The van der Waals surface area contributed by atoms with Gasteiger partial charge in [0, 0.05) is 50.7 Å². The molecule has 2 aliphatic rings. The molecular formula is C18H24N6O3. The third-order valence-electron chi connectivity index (χ3n) is 5.61. The normalized spacial score (nSPS) is 18.6. The van der Waals surface area contributed by atoms with Gasteiger partial charge in [0.1, 0.15) is 6.61 Å². The molecule has 2 aliphatic heterocycles. The standard InChI is InChI=1S/C18H24N6O3/c1-12-9-19-16(22-12)17(26)23-7-4-18(5-8-23)15-13(20-11-21-15)3-6-24(18)14(25)10-27-2/h9,11H,3-8,10H2,1-2H3,(H,19,22)(H,20,21). The highest BCUT2D eigenvalue weighted by molar-refractivity contribution is 5.90. The average molecular weight is 372 g/mol. The number of H-pyrrole nitrogens is 2. The number of nitrogens with one attached hydrogen (secondary N) is 2. The van der Waals surface area contributed by atoms with Crippen molar-refractivity contribution >= 4 is 11.8 Å². The number of aryl methyl sites for hydroxylation is 1. The maximum atomic E-state index is 12.7. The van der Waals surface area contributed by atoms with Crippen molar-refractivity contribution in [3.63, 3.8) is 0 Å². The van der Waals surface area contributed by atoms with Crippen LogP contribution in [0.25, 0.3) is 0 Å². The highest BCUT2D eigenvalue weighted by Gasteiger charge is 2.49. The summed E-state index contributed by atoms with van der Waals surface area (Å²) in [6.07, 6.45) is 5.39. The molecule has 27 heavy (non-hydrogen) atoms. The number of rotatable bonds is 3. The number of hydrogen-bond donors (Lipinski definition) is 2. The van der Waals surface area contributed by atoms with Gasteiger partial charge in [0.15, 0.2) is 5.82 Å². The third kappa shape index (κ3) is 2.91. The highest BCUT2D eigenvalue weighted by atomic mass is 16.5. The summed E-state index contributed by atoms with van der Waals surface area (Å²) in [6, 6.07) is 0. The van der Waals surface area contributed by atoms with Gasteiger partial charge in [-0.1, -0.05) is 0 Å². The number of amides is 2. The summed E-state index contributed by atoms with van der Waals surface area (Å²) >= 11 is 0. The average Bonchev–Trinajstić information content (AvgIpc) is 3.32. The summed E-state index contributed by atoms with van der Waals surface area (Å²) in [7, 11) is 1.53. The lowest BCUT2D eigenvalue weighted by Crippen LogP contribution is -2.59. The topological polar surface area (TPSA) is 107 Å². The molecule has 2 aromatic heterocycles. The van der Waals surface area contributed by atoms with E-state index in [4.69, 9.17) is 4.74 Å². The Kier molecular flexibility index (Phi) is 4.47. The van der Waals surface area contributed by atoms with Crippen molar-refractivity contribution in [3.05, 3.63) is 35.4 Å². The Balaban J connectivity index is 1.58. The second-order valence-corrected chi connectivity index (χ2v) is 7.20. The number of aromatic amines is 2. The molecule has 2 amide bonds. The molecule has 1 saturated heterocycles. The van der Waals surface area contributed by atoms with E-state index in [1.165, 1.54) is 7.11 Å². The molecule has 2 N–H and O–H groups in total. The van der Waals surface area contributed by atoms with Gasteiger partial charge in [0.25, 0.3) is 5.91 Å². The lowest BCUT2D eigenvalue weighted by atomic mass is 9.78. The first-order valence-corrected chi connectivity index (χ1v) is 9.18. The van der Waals surface area contributed by atoms with Crippen LogP contribution in [0.1, 0.15) is 40.5 Å². The molecule has 0 atom stereocenters. The second kappa shape index (κ2) is 6.80. The van der Waals surface area contributed by atoms with E-state index >= 15 is 0 Å². The fourth-order valence-electron chi connectivity index (χ4n) is 4.30. The van der Waals surface area contributed by atoms with Gasteiger partial charge in [-0.15, -0.1) is 0 Å². The number of carbonyl (C=O) groups excluding carboxylic acids is 2. The molecule has 0 unspecified atom stereocenters. The lowest BCUT2D eigenvalue weighted by molar-refractivity contribution is -0.145. The zero-order valence-electron chi connectivity index (χ0n) is 15.6. The van der Waals surface area contributed by atoms with Gasteiger partial charge < -0.3 is 24.5 Å². The number of nitrogens with zero attached hydrogens (tertiary/aromatic N) is 4. The number of fused-ring (bicyclic) bond motifs is 2. The Morgan fingerprint density at radius 3 is 2.70 bits per heavy atom. The summed E-state index contributed by atoms with van der Waals surface area (Å²) in [5, 5.41) is 0. The van der Waals surface area contributed by atoms with E-state index in [1.54, 1.807) is 17.4 Å². The van der Waals surface area contributed by atoms with Crippen LogP contribution in [0.15, 0.2) is 12.5 Å². The van der Waals surface area contributed by atoms with Gasteiger partial charge in [-0.25, -0.2) is 9.97 Å². The Hall–Kier alpha value is -2.68. The van der Waals surface area contributed by atoms with Crippen molar-refractivity contribution in [2.24, 2.45) is 0 Å². The molecule has 0 radical (unpaired) electrons. The first kappa shape index (κ1) is 17.7. The van der Waals surface area contributed by atoms with E-state index in [0.717, 1.165) is 23.5 Å². The molecule has 1 spiro atoms. The predicted molar refractivity (Wildman–Crippen MR) is 96.0 cm³/mol. The summed E-state index contributed by atoms with van der Waals surface area (Å²) in [6.45, 7) is 3.64. The van der Waals surface area contributed by atoms with E-state index in [2.05, 4.69) is 19.9 Å². The van der Waals surface area contributed by atoms with Gasteiger partial charge in [0.2, 0.25) is 5.91 Å². The van der Waals surface area contributed by atoms with Gasteiger partial charge in [-0.2, -0.15) is 0 Å². The first-order chi connectivity index (χ1) is 13.0. The number of imidazole rings is 2. The molecular weight excluding hydrogens is 348 g/mol. The minimum atomic E-state index is -0.487. The monoisotopic (exact) mass is 372 g/mol. The smallest absolute Gasteiger partial charge is 0.289 e. The number of hydrogen-bond acceptors (Lipinski definition) is 5. The van der Waals surface area contributed by atoms with E-state index in [9.17, 15) is 9.59 Å². The number of carbonyl (C=O) groups is 2. The van der Waals surface area contributed by atoms with E-state index < -0.39 is 5.54 Å². The maximum absolute atomic E-state index is 12.7. The van der Waals surface area contributed by atoms with Crippen molar-refractivity contribution in [1.82, 2.24) is 29.7 Å². The van der Waals surface area contributed by atoms with Crippen LogP contribution in [-0.4, -0.2) is 74.9 Å². The van der Waals surface area contributed by atoms with E-state index in [-0.39, 0.29) is 18.4 Å². The Bertz CT molecular complexity index is 849. The zero-order valence-corrected chi connectivity index (χ0v) is 15.6. The molecule has 0 aromatic carbocycles. The number of methoxy groups -OCH3 is 1. The van der Waals surface area contributed by atoms with Gasteiger partial charge >= 0.3 is 0 Å². The molecule has 4 heterocycles. The largest absolute Gasteiger partial charge is 0.375 e. The number of piperidine rings is 1. The number of ether oxygens (including phenoxy) is 1. The second-order valence-electron chi connectivity index (χ2n) is 7.20. The van der Waals surface area contributed by atoms with Crippen LogP contribution in [0.5, 0.6) is 0 Å². The van der Waals surface area contributed by atoms with Gasteiger partial charge in [-0.05, 0) is 19.8 Å². The molecule has 4 rings (SSSR count). The van der Waals surface area contributed by atoms with Crippen molar-refractivity contribution in [2.45, 2.75) is 31.7 Å². The predicted octanol–water partition coefficient (Wildman–Crippen LogP) is 0.604. The zero-order chi connectivity index (χ0) is 19.0. The minimum Gasteiger partial charge on any atom is -0.375 e. The summed E-state index contributed by atoms with van der Waals surface area (Å²) in [5.74, 6) is 0.221. The van der Waals surface area contributed by atoms with E-state index in [0.29, 0.717) is 38.3 Å². The molecule has 144 valence electrons. The molecule has 9 heteroatoms. The van der Waals surface area contributed by atoms with Crippen LogP contribution in [0, 0.1) is 6.92 Å². The number of aromatic nitrogens is 4. The van der Waals surface area contributed by atoms with Crippen LogP contribution in [0.4, 0.5) is 0 Å². The van der Waals surface area contributed by atoms with Crippen molar-refractivity contribution in [2.75, 3.05) is 33.4 Å². The molecule has 0 saturated carbocycles. The molecule has 9 nitrogen and oxygen atoms in total. The fraction of sp³-hybridized carbons (Fsp3) is 0.556. The van der Waals surface area contributed by atoms with Crippen molar-refractivity contribution in [3.8, 4) is 0 Å². The molecule has 0 aliphatic carbocycles. The fourth-order valence-corrected chi connectivity index (χ4v) is 4.30. The van der Waals surface area contributed by atoms with Crippen LogP contribution >= 0.6 is 0 Å². The maximum Gasteiger partial charge on any atom is 0.289 e. The molecule has 1 fully saturated rings. The highest BCUT2D eigenvalue weighted by Crippen LogP contribution is 2.42. The SMILES string of the molecule is COCC(=O)N1CCc2[nH]cnc2C12CCN(C(=O)c1ncc(C)[nH]1)CC2. The first-order valence-electron chi connectivity index (χ1n) is 9.18. The Morgan fingerprint density at radius 1 is 1.26 bits per heavy atom. The van der Waals surface area contributed by atoms with Crippen LogP contribution in [-0.2, 0) is 21.5 Å². The molecule has 0 bridgehead atoms.